The molecule has 0 radical (unpaired) electrons. The fraction of sp³-hybridized carbons (Fsp3) is 0.273. The molecule has 2 aromatic carbocycles. The third-order valence-corrected chi connectivity index (χ3v) is 6.24. The molecule has 5 nitrogen and oxygen atoms in total. The number of amides is 1. The molecule has 29 heavy (non-hydrogen) atoms. The first kappa shape index (κ1) is 18.9. The Morgan fingerprint density at radius 3 is 2.79 bits per heavy atom. The highest BCUT2D eigenvalue weighted by Gasteiger charge is 2.43. The van der Waals surface area contributed by atoms with Gasteiger partial charge in [-0.3, -0.25) is 9.59 Å². The van der Waals surface area contributed by atoms with Gasteiger partial charge in [-0.15, -0.1) is 0 Å². The van der Waals surface area contributed by atoms with E-state index in [0.29, 0.717) is 34.7 Å². The lowest BCUT2D eigenvalue weighted by atomic mass is 9.98. The molecule has 0 aliphatic carbocycles. The van der Waals surface area contributed by atoms with Crippen LogP contribution in [0.4, 0.5) is 0 Å². The van der Waals surface area contributed by atoms with Crippen LogP contribution in [-0.2, 0) is 4.74 Å². The van der Waals surface area contributed by atoms with Gasteiger partial charge >= 0.3 is 0 Å². The van der Waals surface area contributed by atoms with Gasteiger partial charge in [0.15, 0.2) is 5.43 Å². The molecule has 0 spiro atoms. The minimum absolute atomic E-state index is 0.0476. The van der Waals surface area contributed by atoms with Gasteiger partial charge in [-0.1, -0.05) is 39.7 Å². The number of carbonyl (C=O) groups is 1. The van der Waals surface area contributed by atoms with Crippen molar-refractivity contribution in [1.82, 2.24) is 4.90 Å². The fourth-order valence-corrected chi connectivity index (χ4v) is 4.77. The standard InChI is InChI=1S/C22H17BrClNO4/c23-13-6-7-17-16(10-13)20(26)18-19(12-3-1-4-14(24)9-12)25(22(27)21(18)29-17)11-15-5-2-8-28-15/h1,3-4,6-7,9-10,15,19H,2,5,8,11H2/t15-,19-/m0/s1. The van der Waals surface area contributed by atoms with Crippen LogP contribution in [0.2, 0.25) is 5.02 Å². The van der Waals surface area contributed by atoms with Crippen LogP contribution in [0.5, 0.6) is 0 Å². The summed E-state index contributed by atoms with van der Waals surface area (Å²) >= 11 is 9.63. The van der Waals surface area contributed by atoms with E-state index in [2.05, 4.69) is 15.9 Å². The van der Waals surface area contributed by atoms with Crippen molar-refractivity contribution in [1.29, 1.82) is 0 Å². The summed E-state index contributed by atoms with van der Waals surface area (Å²) in [4.78, 5) is 28.4. The normalized spacial score (nSPS) is 21.2. The van der Waals surface area contributed by atoms with Crippen molar-refractivity contribution >= 4 is 44.4 Å². The summed E-state index contributed by atoms with van der Waals surface area (Å²) in [5.41, 5.74) is 1.34. The van der Waals surface area contributed by atoms with E-state index >= 15 is 0 Å². The Hall–Kier alpha value is -2.15. The zero-order valence-corrected chi connectivity index (χ0v) is 17.7. The molecule has 2 aliphatic heterocycles. The maximum Gasteiger partial charge on any atom is 0.291 e. The molecule has 3 aromatic rings. The molecule has 1 amide bonds. The largest absolute Gasteiger partial charge is 0.450 e. The molecule has 0 N–H and O–H groups in total. The highest BCUT2D eigenvalue weighted by atomic mass is 79.9. The number of nitrogens with zero attached hydrogens (tertiary/aromatic N) is 1. The van der Waals surface area contributed by atoms with E-state index < -0.39 is 6.04 Å². The number of hydrogen-bond acceptors (Lipinski definition) is 4. The van der Waals surface area contributed by atoms with Gasteiger partial charge in [-0.25, -0.2) is 0 Å². The summed E-state index contributed by atoms with van der Waals surface area (Å²) in [7, 11) is 0. The molecule has 5 rings (SSSR count). The Bertz CT molecular complexity index is 1190. The number of halogens is 2. The van der Waals surface area contributed by atoms with E-state index in [9.17, 15) is 9.59 Å². The number of hydrogen-bond donors (Lipinski definition) is 0. The Morgan fingerprint density at radius 2 is 2.03 bits per heavy atom. The number of carbonyl (C=O) groups excluding carboxylic acids is 1. The molecule has 1 aromatic heterocycles. The third kappa shape index (κ3) is 3.19. The highest BCUT2D eigenvalue weighted by molar-refractivity contribution is 9.10. The van der Waals surface area contributed by atoms with Gasteiger partial charge in [0.2, 0.25) is 5.76 Å². The molecular formula is C22H17BrClNO4. The van der Waals surface area contributed by atoms with Crippen molar-refractivity contribution in [3.8, 4) is 0 Å². The SMILES string of the molecule is O=C1c2oc3ccc(Br)cc3c(=O)c2[C@H](c2cccc(Cl)c2)N1C[C@@H]1CCCO1. The van der Waals surface area contributed by atoms with E-state index in [0.717, 1.165) is 22.9 Å². The lowest BCUT2D eigenvalue weighted by molar-refractivity contribution is 0.0486. The van der Waals surface area contributed by atoms with Crippen molar-refractivity contribution in [2.75, 3.05) is 13.2 Å². The maximum atomic E-state index is 13.4. The van der Waals surface area contributed by atoms with Gasteiger partial charge in [0, 0.05) is 22.6 Å². The Labute approximate surface area is 180 Å². The Balaban J connectivity index is 1.72. The number of ether oxygens (including phenoxy) is 1. The van der Waals surface area contributed by atoms with Crippen LogP contribution in [-0.4, -0.2) is 30.1 Å². The van der Waals surface area contributed by atoms with E-state index in [1.54, 1.807) is 35.2 Å². The zero-order chi connectivity index (χ0) is 20.1. The predicted molar refractivity (Wildman–Crippen MR) is 113 cm³/mol. The molecule has 0 saturated carbocycles. The summed E-state index contributed by atoms with van der Waals surface area (Å²) in [6.45, 7) is 1.09. The first-order chi connectivity index (χ1) is 14.0. The molecule has 148 valence electrons. The van der Waals surface area contributed by atoms with E-state index in [-0.39, 0.29) is 23.2 Å². The van der Waals surface area contributed by atoms with Gasteiger partial charge in [-0.2, -0.15) is 0 Å². The van der Waals surface area contributed by atoms with Crippen LogP contribution in [0.1, 0.15) is 40.6 Å². The molecular weight excluding hydrogens is 458 g/mol. The van der Waals surface area contributed by atoms with Gasteiger partial charge in [0.25, 0.3) is 5.91 Å². The second kappa shape index (κ2) is 7.27. The average molecular weight is 475 g/mol. The molecule has 0 bridgehead atoms. The first-order valence-corrected chi connectivity index (χ1v) is 10.6. The van der Waals surface area contributed by atoms with Crippen LogP contribution < -0.4 is 5.43 Å². The molecule has 2 atom stereocenters. The molecule has 1 fully saturated rings. The molecule has 1 saturated heterocycles. The number of rotatable bonds is 3. The third-order valence-electron chi connectivity index (χ3n) is 5.52. The van der Waals surface area contributed by atoms with Crippen molar-refractivity contribution in [2.45, 2.75) is 25.0 Å². The molecule has 2 aliphatic rings. The molecule has 7 heteroatoms. The predicted octanol–water partition coefficient (Wildman–Crippen LogP) is 4.93. The van der Waals surface area contributed by atoms with Crippen LogP contribution in [0.25, 0.3) is 11.0 Å². The van der Waals surface area contributed by atoms with Crippen LogP contribution in [0.15, 0.2) is 56.1 Å². The minimum atomic E-state index is -0.556. The molecule has 3 heterocycles. The minimum Gasteiger partial charge on any atom is -0.450 e. The lowest BCUT2D eigenvalue weighted by Crippen LogP contribution is -2.36. The number of benzene rings is 2. The van der Waals surface area contributed by atoms with E-state index in [1.165, 1.54) is 0 Å². The van der Waals surface area contributed by atoms with Crippen molar-refractivity contribution in [2.24, 2.45) is 0 Å². The van der Waals surface area contributed by atoms with Gasteiger partial charge < -0.3 is 14.1 Å². The Kier molecular flexibility index (Phi) is 4.73. The summed E-state index contributed by atoms with van der Waals surface area (Å²) in [5, 5.41) is 0.991. The zero-order valence-electron chi connectivity index (χ0n) is 15.4. The first-order valence-electron chi connectivity index (χ1n) is 9.47. The molecule has 0 unspecified atom stereocenters. The van der Waals surface area contributed by atoms with Crippen LogP contribution >= 0.6 is 27.5 Å². The topological polar surface area (TPSA) is 59.8 Å². The summed E-state index contributed by atoms with van der Waals surface area (Å²) in [6, 6.07) is 11.9. The van der Waals surface area contributed by atoms with Crippen LogP contribution in [0, 0.1) is 0 Å². The quantitative estimate of drug-likeness (QED) is 0.540. The lowest BCUT2D eigenvalue weighted by Gasteiger charge is -2.27. The average Bonchev–Trinajstić information content (AvgIpc) is 3.31. The van der Waals surface area contributed by atoms with Gasteiger partial charge in [-0.05, 0) is 48.7 Å². The van der Waals surface area contributed by atoms with Gasteiger partial charge in [0.05, 0.1) is 23.1 Å². The Morgan fingerprint density at radius 1 is 1.17 bits per heavy atom. The van der Waals surface area contributed by atoms with Crippen molar-refractivity contribution in [3.05, 3.63) is 79.1 Å². The summed E-state index contributed by atoms with van der Waals surface area (Å²) < 4.78 is 12.5. The van der Waals surface area contributed by atoms with Crippen molar-refractivity contribution < 1.29 is 13.9 Å². The summed E-state index contributed by atoms with van der Waals surface area (Å²) in [5.74, 6) is -0.185. The van der Waals surface area contributed by atoms with E-state index in [4.69, 9.17) is 20.8 Å². The monoisotopic (exact) mass is 473 g/mol. The second-order valence-corrected chi connectivity index (χ2v) is 8.72. The highest BCUT2D eigenvalue weighted by Crippen LogP contribution is 2.39. The van der Waals surface area contributed by atoms with Gasteiger partial charge in [0.1, 0.15) is 5.58 Å². The second-order valence-electron chi connectivity index (χ2n) is 7.36. The van der Waals surface area contributed by atoms with E-state index in [1.807, 2.05) is 12.1 Å². The van der Waals surface area contributed by atoms with Crippen LogP contribution in [0.3, 0.4) is 0 Å². The smallest absolute Gasteiger partial charge is 0.291 e. The summed E-state index contributed by atoms with van der Waals surface area (Å²) in [6.07, 6.45) is 1.81. The maximum absolute atomic E-state index is 13.4. The fourth-order valence-electron chi connectivity index (χ4n) is 4.21. The van der Waals surface area contributed by atoms with Crippen molar-refractivity contribution in [3.63, 3.8) is 0 Å². The number of fused-ring (bicyclic) bond motifs is 2.